The minimum atomic E-state index is -0.707. The van der Waals surface area contributed by atoms with Crippen LogP contribution in [-0.2, 0) is 4.79 Å². The quantitative estimate of drug-likeness (QED) is 0.636. The van der Waals surface area contributed by atoms with Gasteiger partial charge in [0.15, 0.2) is 11.5 Å². The highest BCUT2D eigenvalue weighted by Crippen LogP contribution is 2.46. The lowest BCUT2D eigenvalue weighted by Crippen LogP contribution is -2.43. The first-order chi connectivity index (χ1) is 14.9. The maximum Gasteiger partial charge on any atom is 0.254 e. The highest BCUT2D eigenvalue weighted by molar-refractivity contribution is 7.10. The molecular weight excluding hydrogens is 419 g/mol. The van der Waals surface area contributed by atoms with Gasteiger partial charge in [0, 0.05) is 23.2 Å². The Hall–Kier alpha value is -3.39. The summed E-state index contributed by atoms with van der Waals surface area (Å²) >= 11 is 1.48. The van der Waals surface area contributed by atoms with Crippen LogP contribution in [0.4, 0.5) is 10.1 Å². The van der Waals surface area contributed by atoms with Gasteiger partial charge in [-0.25, -0.2) is 4.39 Å². The molecule has 2 aromatic carbocycles. The lowest BCUT2D eigenvalue weighted by Gasteiger charge is -2.39. The lowest BCUT2D eigenvalue weighted by molar-refractivity contribution is -0.119. The van der Waals surface area contributed by atoms with E-state index in [0.29, 0.717) is 28.3 Å². The SMILES string of the molecule is COc1cc2c(cc1OC)C(C(=O)Nc1ccc(F)cc1)C(c1cccs1)N(C)C2=O. The zero-order chi connectivity index (χ0) is 22.1. The van der Waals surface area contributed by atoms with Crippen LogP contribution in [0.1, 0.15) is 32.8 Å². The summed E-state index contributed by atoms with van der Waals surface area (Å²) in [7, 11) is 4.68. The molecule has 31 heavy (non-hydrogen) atoms. The van der Waals surface area contributed by atoms with Crippen molar-refractivity contribution < 1.29 is 23.5 Å². The summed E-state index contributed by atoms with van der Waals surface area (Å²) in [6, 6.07) is 12.2. The van der Waals surface area contributed by atoms with E-state index in [1.54, 1.807) is 24.1 Å². The first-order valence-corrected chi connectivity index (χ1v) is 10.5. The van der Waals surface area contributed by atoms with Gasteiger partial charge in [-0.3, -0.25) is 9.59 Å². The van der Waals surface area contributed by atoms with E-state index in [9.17, 15) is 14.0 Å². The monoisotopic (exact) mass is 440 g/mol. The van der Waals surface area contributed by atoms with Gasteiger partial charge in [0.1, 0.15) is 5.82 Å². The summed E-state index contributed by atoms with van der Waals surface area (Å²) in [6.45, 7) is 0. The van der Waals surface area contributed by atoms with Crippen molar-refractivity contribution in [3.05, 3.63) is 75.7 Å². The molecule has 6 nitrogen and oxygen atoms in total. The number of amides is 2. The molecule has 160 valence electrons. The molecule has 2 atom stereocenters. The van der Waals surface area contributed by atoms with Crippen LogP contribution in [0, 0.1) is 5.82 Å². The molecule has 8 heteroatoms. The minimum Gasteiger partial charge on any atom is -0.493 e. The average Bonchev–Trinajstić information content (AvgIpc) is 3.31. The van der Waals surface area contributed by atoms with Crippen LogP contribution in [0.3, 0.4) is 0 Å². The van der Waals surface area contributed by atoms with Gasteiger partial charge in [0.25, 0.3) is 5.91 Å². The number of nitrogens with one attached hydrogen (secondary N) is 1. The molecule has 0 aliphatic carbocycles. The number of halogens is 1. The molecule has 1 aromatic heterocycles. The van der Waals surface area contributed by atoms with Crippen LogP contribution in [0.15, 0.2) is 53.9 Å². The number of fused-ring (bicyclic) bond motifs is 1. The molecule has 2 unspecified atom stereocenters. The molecule has 1 aliphatic rings. The maximum absolute atomic E-state index is 13.5. The van der Waals surface area contributed by atoms with E-state index >= 15 is 0 Å². The summed E-state index contributed by atoms with van der Waals surface area (Å²) in [5, 5.41) is 4.77. The van der Waals surface area contributed by atoms with Crippen molar-refractivity contribution in [2.24, 2.45) is 0 Å². The topological polar surface area (TPSA) is 67.9 Å². The number of carbonyl (C=O) groups is 2. The molecule has 1 N–H and O–H groups in total. The molecule has 0 saturated carbocycles. The number of hydrogen-bond donors (Lipinski definition) is 1. The maximum atomic E-state index is 13.5. The zero-order valence-electron chi connectivity index (χ0n) is 17.2. The van der Waals surface area contributed by atoms with Crippen LogP contribution in [0.5, 0.6) is 11.5 Å². The standard InChI is InChI=1S/C23H21FN2O4S/c1-26-21(19-5-4-10-31-19)20(22(27)25-14-8-6-13(24)7-9-14)15-11-17(29-2)18(30-3)12-16(15)23(26)28/h4-12,20-21H,1-3H3,(H,25,27). The molecule has 2 amide bonds. The molecule has 0 spiro atoms. The normalized spacial score (nSPS) is 17.8. The van der Waals surface area contributed by atoms with Crippen LogP contribution >= 0.6 is 11.3 Å². The van der Waals surface area contributed by atoms with Gasteiger partial charge in [0.05, 0.1) is 26.2 Å². The van der Waals surface area contributed by atoms with Gasteiger partial charge in [-0.2, -0.15) is 0 Å². The van der Waals surface area contributed by atoms with E-state index in [2.05, 4.69) is 5.32 Å². The first-order valence-electron chi connectivity index (χ1n) is 9.57. The molecule has 2 heterocycles. The highest BCUT2D eigenvalue weighted by Gasteiger charge is 2.44. The number of ether oxygens (including phenoxy) is 2. The highest BCUT2D eigenvalue weighted by atomic mass is 32.1. The number of hydrogen-bond acceptors (Lipinski definition) is 5. The fraction of sp³-hybridized carbons (Fsp3) is 0.217. The largest absolute Gasteiger partial charge is 0.493 e. The van der Waals surface area contributed by atoms with Gasteiger partial charge in [0.2, 0.25) is 5.91 Å². The fourth-order valence-electron chi connectivity index (χ4n) is 3.90. The van der Waals surface area contributed by atoms with Crippen molar-refractivity contribution in [3.8, 4) is 11.5 Å². The summed E-state index contributed by atoms with van der Waals surface area (Å²) < 4.78 is 24.1. The summed E-state index contributed by atoms with van der Waals surface area (Å²) in [5.74, 6) is -0.766. The number of rotatable bonds is 5. The molecule has 0 radical (unpaired) electrons. The third-order valence-corrected chi connectivity index (χ3v) is 6.35. The molecule has 3 aromatic rings. The lowest BCUT2D eigenvalue weighted by atomic mass is 9.81. The first kappa shape index (κ1) is 20.9. The van der Waals surface area contributed by atoms with Gasteiger partial charge < -0.3 is 19.7 Å². The Bertz CT molecular complexity index is 1120. The van der Waals surface area contributed by atoms with Crippen LogP contribution in [-0.4, -0.2) is 38.0 Å². The van der Waals surface area contributed by atoms with E-state index in [4.69, 9.17) is 9.47 Å². The van der Waals surface area contributed by atoms with E-state index in [1.807, 2.05) is 17.5 Å². The van der Waals surface area contributed by atoms with Crippen molar-refractivity contribution in [2.75, 3.05) is 26.6 Å². The molecule has 0 saturated heterocycles. The van der Waals surface area contributed by atoms with Gasteiger partial charge in [-0.05, 0) is 53.4 Å². The van der Waals surface area contributed by atoms with Crippen molar-refractivity contribution >= 4 is 28.8 Å². The van der Waals surface area contributed by atoms with Crippen molar-refractivity contribution in [3.63, 3.8) is 0 Å². The number of benzene rings is 2. The summed E-state index contributed by atoms with van der Waals surface area (Å²) in [6.07, 6.45) is 0. The number of thiophene rings is 1. The van der Waals surface area contributed by atoms with E-state index in [1.165, 1.54) is 49.8 Å². The Balaban J connectivity index is 1.85. The van der Waals surface area contributed by atoms with Gasteiger partial charge in [-0.15, -0.1) is 11.3 Å². The summed E-state index contributed by atoms with van der Waals surface area (Å²) in [5.41, 5.74) is 1.41. The molecule has 1 aliphatic heterocycles. The molecular formula is C23H21FN2O4S. The fourth-order valence-corrected chi connectivity index (χ4v) is 4.80. The van der Waals surface area contributed by atoms with Gasteiger partial charge in [-0.1, -0.05) is 6.07 Å². The Morgan fingerprint density at radius 1 is 1.10 bits per heavy atom. The average molecular weight is 440 g/mol. The Kier molecular flexibility index (Phi) is 5.65. The molecule has 0 fully saturated rings. The number of likely N-dealkylation sites (N-methyl/N-ethyl adjacent to an activating group) is 1. The number of nitrogens with zero attached hydrogens (tertiary/aromatic N) is 1. The van der Waals surface area contributed by atoms with Crippen LogP contribution in [0.2, 0.25) is 0 Å². The predicted octanol–water partition coefficient (Wildman–Crippen LogP) is 4.45. The number of anilines is 1. The Morgan fingerprint density at radius 3 is 2.39 bits per heavy atom. The van der Waals surface area contributed by atoms with E-state index in [-0.39, 0.29) is 17.6 Å². The number of carbonyl (C=O) groups excluding carboxylic acids is 2. The van der Waals surface area contributed by atoms with Crippen molar-refractivity contribution in [1.82, 2.24) is 4.90 Å². The van der Waals surface area contributed by atoms with Crippen LogP contribution < -0.4 is 14.8 Å². The van der Waals surface area contributed by atoms with Gasteiger partial charge >= 0.3 is 0 Å². The smallest absolute Gasteiger partial charge is 0.254 e. The van der Waals surface area contributed by atoms with Crippen molar-refractivity contribution in [2.45, 2.75) is 12.0 Å². The zero-order valence-corrected chi connectivity index (χ0v) is 18.0. The third kappa shape index (κ3) is 3.74. The second-order valence-corrected chi connectivity index (χ2v) is 8.12. The second kappa shape index (κ2) is 8.39. The molecule has 0 bridgehead atoms. The second-order valence-electron chi connectivity index (χ2n) is 7.14. The predicted molar refractivity (Wildman–Crippen MR) is 116 cm³/mol. The van der Waals surface area contributed by atoms with Crippen LogP contribution in [0.25, 0.3) is 0 Å². The summed E-state index contributed by atoms with van der Waals surface area (Å²) in [4.78, 5) is 29.2. The van der Waals surface area contributed by atoms with E-state index < -0.39 is 12.0 Å². The minimum absolute atomic E-state index is 0.208. The third-order valence-electron chi connectivity index (χ3n) is 5.40. The number of methoxy groups -OCH3 is 2. The van der Waals surface area contributed by atoms with E-state index in [0.717, 1.165) is 4.88 Å². The Labute approximate surface area is 183 Å². The Morgan fingerprint density at radius 2 is 1.77 bits per heavy atom. The van der Waals surface area contributed by atoms with Crippen molar-refractivity contribution in [1.29, 1.82) is 0 Å². The molecule has 4 rings (SSSR count).